The van der Waals surface area contributed by atoms with Gasteiger partial charge in [-0.2, -0.15) is 0 Å². The van der Waals surface area contributed by atoms with E-state index >= 15 is 0 Å². The van der Waals surface area contributed by atoms with Crippen LogP contribution in [0.5, 0.6) is 0 Å². The highest BCUT2D eigenvalue weighted by molar-refractivity contribution is 8.00. The minimum absolute atomic E-state index is 0.832. The third-order valence-corrected chi connectivity index (χ3v) is 6.13. The van der Waals surface area contributed by atoms with Crippen LogP contribution in [0.25, 0.3) is 21.8 Å². The van der Waals surface area contributed by atoms with Crippen LogP contribution in [0, 0.1) is 0 Å². The number of rotatable bonds is 6. The fraction of sp³-hybridized carbons (Fsp3) is 0.130. The number of H-pyrrole nitrogens is 1. The molecular formula is C23H22N2S. The molecule has 2 nitrogen and oxygen atoms in total. The zero-order valence-electron chi connectivity index (χ0n) is 15.0. The second-order valence-electron chi connectivity index (χ2n) is 6.42. The highest BCUT2D eigenvalue weighted by atomic mass is 32.2. The molecule has 2 aromatic heterocycles. The molecular weight excluding hydrogens is 336 g/mol. The molecule has 0 unspecified atom stereocenters. The van der Waals surface area contributed by atoms with E-state index in [9.17, 15) is 0 Å². The molecule has 4 rings (SSSR count). The number of fused-ring (bicyclic) bond motifs is 2. The first-order chi connectivity index (χ1) is 12.7. The Morgan fingerprint density at radius 2 is 1.62 bits per heavy atom. The maximum absolute atomic E-state index is 3.96. The number of benzene rings is 2. The van der Waals surface area contributed by atoms with Crippen LogP contribution in [0.2, 0.25) is 0 Å². The molecule has 4 aromatic rings. The highest BCUT2D eigenvalue weighted by Crippen LogP contribution is 2.43. The molecule has 0 bridgehead atoms. The van der Waals surface area contributed by atoms with Crippen LogP contribution in [0.15, 0.2) is 83.6 Å². The lowest BCUT2D eigenvalue weighted by atomic mass is 10.2. The van der Waals surface area contributed by atoms with E-state index in [4.69, 9.17) is 0 Å². The molecule has 130 valence electrons. The monoisotopic (exact) mass is 358 g/mol. The summed E-state index contributed by atoms with van der Waals surface area (Å²) in [5.74, 6) is 0. The number of aromatic nitrogens is 2. The highest BCUT2D eigenvalue weighted by Gasteiger charge is 2.19. The largest absolute Gasteiger partial charge is 0.357 e. The lowest BCUT2D eigenvalue weighted by Crippen LogP contribution is -1.95. The summed E-state index contributed by atoms with van der Waals surface area (Å²) in [4.78, 5) is 6.18. The SMILES string of the molecule is C=CCc1[nH]c2ccccc2c1Sc1c(CC=C)n(C)c2ccccc12. The second kappa shape index (κ2) is 6.93. The summed E-state index contributed by atoms with van der Waals surface area (Å²) in [6.07, 6.45) is 5.63. The lowest BCUT2D eigenvalue weighted by Gasteiger charge is -2.07. The van der Waals surface area contributed by atoms with Crippen LogP contribution in [0.1, 0.15) is 11.4 Å². The Hall–Kier alpha value is -2.65. The van der Waals surface area contributed by atoms with Gasteiger partial charge in [-0.1, -0.05) is 60.3 Å². The van der Waals surface area contributed by atoms with Gasteiger partial charge in [0.25, 0.3) is 0 Å². The number of aromatic amines is 1. The van der Waals surface area contributed by atoms with E-state index < -0.39 is 0 Å². The van der Waals surface area contributed by atoms with E-state index in [0.717, 1.165) is 12.8 Å². The van der Waals surface area contributed by atoms with Gasteiger partial charge in [0.05, 0.1) is 0 Å². The summed E-state index contributed by atoms with van der Waals surface area (Å²) in [7, 11) is 2.14. The molecule has 1 N–H and O–H groups in total. The van der Waals surface area contributed by atoms with Gasteiger partial charge in [-0.3, -0.25) is 0 Å². The number of allylic oxidation sites excluding steroid dienone is 2. The Labute approximate surface area is 158 Å². The molecule has 0 aliphatic rings. The number of nitrogens with zero attached hydrogens (tertiary/aromatic N) is 1. The van der Waals surface area contributed by atoms with Crippen LogP contribution in [0.3, 0.4) is 0 Å². The van der Waals surface area contributed by atoms with Crippen LogP contribution >= 0.6 is 11.8 Å². The average molecular weight is 359 g/mol. The van der Waals surface area contributed by atoms with Crippen molar-refractivity contribution in [1.82, 2.24) is 9.55 Å². The van der Waals surface area contributed by atoms with Crippen molar-refractivity contribution in [2.24, 2.45) is 7.05 Å². The van der Waals surface area contributed by atoms with Crippen LogP contribution < -0.4 is 0 Å². The van der Waals surface area contributed by atoms with E-state index in [-0.39, 0.29) is 0 Å². The van der Waals surface area contributed by atoms with Gasteiger partial charge < -0.3 is 9.55 Å². The van der Waals surface area contributed by atoms with Crippen molar-refractivity contribution in [3.8, 4) is 0 Å². The van der Waals surface area contributed by atoms with Crippen molar-refractivity contribution in [3.05, 3.63) is 85.2 Å². The van der Waals surface area contributed by atoms with Crippen molar-refractivity contribution in [1.29, 1.82) is 0 Å². The minimum atomic E-state index is 0.832. The number of nitrogens with one attached hydrogen (secondary N) is 1. The van der Waals surface area contributed by atoms with E-state index in [0.29, 0.717) is 0 Å². The van der Waals surface area contributed by atoms with Gasteiger partial charge in [0.2, 0.25) is 0 Å². The van der Waals surface area contributed by atoms with Crippen molar-refractivity contribution < 1.29 is 0 Å². The van der Waals surface area contributed by atoms with Gasteiger partial charge in [0.15, 0.2) is 0 Å². The summed E-state index contributed by atoms with van der Waals surface area (Å²) in [5.41, 5.74) is 4.97. The summed E-state index contributed by atoms with van der Waals surface area (Å²) in [5, 5.41) is 2.57. The van der Waals surface area contributed by atoms with E-state index in [1.807, 2.05) is 23.9 Å². The van der Waals surface area contributed by atoms with Gasteiger partial charge >= 0.3 is 0 Å². The molecule has 0 radical (unpaired) electrons. The Balaban J connectivity index is 1.94. The molecule has 0 saturated heterocycles. The lowest BCUT2D eigenvalue weighted by molar-refractivity contribution is 0.870. The Morgan fingerprint density at radius 1 is 0.923 bits per heavy atom. The molecule has 0 atom stereocenters. The van der Waals surface area contributed by atoms with Crippen molar-refractivity contribution in [2.45, 2.75) is 22.6 Å². The topological polar surface area (TPSA) is 20.7 Å². The Bertz CT molecular complexity index is 1110. The number of para-hydroxylation sites is 2. The number of aryl methyl sites for hydroxylation is 1. The summed E-state index contributed by atoms with van der Waals surface area (Å²) in [6.45, 7) is 7.89. The zero-order chi connectivity index (χ0) is 18.1. The number of hydrogen-bond donors (Lipinski definition) is 1. The second-order valence-corrected chi connectivity index (χ2v) is 7.44. The van der Waals surface area contributed by atoms with Gasteiger partial charge in [0, 0.05) is 62.9 Å². The van der Waals surface area contributed by atoms with Gasteiger partial charge in [-0.05, 0) is 12.1 Å². The predicted octanol–water partition coefficient (Wildman–Crippen LogP) is 6.27. The summed E-state index contributed by atoms with van der Waals surface area (Å²) >= 11 is 1.86. The third-order valence-electron chi connectivity index (χ3n) is 4.80. The molecule has 0 spiro atoms. The Morgan fingerprint density at radius 3 is 2.38 bits per heavy atom. The first kappa shape index (κ1) is 16.8. The molecule has 0 saturated carbocycles. The molecule has 0 aliphatic heterocycles. The van der Waals surface area contributed by atoms with E-state index in [1.54, 1.807) is 0 Å². The standard InChI is InChI=1S/C23H22N2S/c1-4-10-19-22(16-12-6-8-14-18(16)24-19)26-23-17-13-7-9-15-20(17)25(3)21(23)11-5-2/h4-9,12-15,24H,1-2,10-11H2,3H3. The molecule has 0 amide bonds. The summed E-state index contributed by atoms with van der Waals surface area (Å²) in [6, 6.07) is 17.1. The molecule has 3 heteroatoms. The average Bonchev–Trinajstić information content (AvgIpc) is 3.14. The van der Waals surface area contributed by atoms with Crippen molar-refractivity contribution in [3.63, 3.8) is 0 Å². The summed E-state index contributed by atoms with van der Waals surface area (Å²) < 4.78 is 2.29. The van der Waals surface area contributed by atoms with Gasteiger partial charge in [0.1, 0.15) is 0 Å². The van der Waals surface area contributed by atoms with Gasteiger partial charge in [-0.15, -0.1) is 13.2 Å². The maximum atomic E-state index is 3.96. The van der Waals surface area contributed by atoms with Crippen LogP contribution in [0.4, 0.5) is 0 Å². The number of hydrogen-bond acceptors (Lipinski definition) is 1. The fourth-order valence-electron chi connectivity index (χ4n) is 3.57. The fourth-order valence-corrected chi connectivity index (χ4v) is 4.94. The van der Waals surface area contributed by atoms with Crippen molar-refractivity contribution in [2.75, 3.05) is 0 Å². The van der Waals surface area contributed by atoms with E-state index in [2.05, 4.69) is 78.3 Å². The van der Waals surface area contributed by atoms with Crippen molar-refractivity contribution >= 4 is 33.6 Å². The molecule has 26 heavy (non-hydrogen) atoms. The normalized spacial score (nSPS) is 11.3. The molecule has 0 aliphatic carbocycles. The molecule has 2 aromatic carbocycles. The van der Waals surface area contributed by atoms with E-state index in [1.165, 1.54) is 43.0 Å². The first-order valence-electron chi connectivity index (χ1n) is 8.80. The van der Waals surface area contributed by atoms with Gasteiger partial charge in [-0.25, -0.2) is 0 Å². The van der Waals surface area contributed by atoms with Crippen LogP contribution in [-0.4, -0.2) is 9.55 Å². The zero-order valence-corrected chi connectivity index (χ0v) is 15.8. The predicted molar refractivity (Wildman–Crippen MR) is 113 cm³/mol. The maximum Gasteiger partial charge on any atom is 0.0491 e. The molecule has 2 heterocycles. The minimum Gasteiger partial charge on any atom is -0.357 e. The third kappa shape index (κ3) is 2.69. The smallest absolute Gasteiger partial charge is 0.0491 e. The quantitative estimate of drug-likeness (QED) is 0.403. The molecule has 0 fully saturated rings. The van der Waals surface area contributed by atoms with Crippen LogP contribution in [-0.2, 0) is 19.9 Å². The Kier molecular flexibility index (Phi) is 4.48. The first-order valence-corrected chi connectivity index (χ1v) is 9.61.